The summed E-state index contributed by atoms with van der Waals surface area (Å²) in [6, 6.07) is 8.83. The molecule has 1 aromatic carbocycles. The third kappa shape index (κ3) is 4.26. The summed E-state index contributed by atoms with van der Waals surface area (Å²) in [5, 5.41) is 1.44. The van der Waals surface area contributed by atoms with Crippen LogP contribution in [0, 0.1) is 6.92 Å². The summed E-state index contributed by atoms with van der Waals surface area (Å²) < 4.78 is 2.45. The molecule has 0 aliphatic heterocycles. The second-order valence-electron chi connectivity index (χ2n) is 3.15. The fourth-order valence-electron chi connectivity index (χ4n) is 1.19. The molecular formula is C11H18BNP. The molecule has 1 unspecified atom stereocenters. The summed E-state index contributed by atoms with van der Waals surface area (Å²) in [6.45, 7) is 8.84. The van der Waals surface area contributed by atoms with Gasteiger partial charge in [-0.25, -0.2) is 0 Å². The minimum Gasteiger partial charge on any atom is -0.281 e. The predicted octanol–water partition coefficient (Wildman–Crippen LogP) is 2.17. The maximum absolute atomic E-state index is 2.45. The van der Waals surface area contributed by atoms with E-state index in [1.807, 2.05) is 0 Å². The highest BCUT2D eigenvalue weighted by Gasteiger charge is 1.99. The lowest BCUT2D eigenvalue weighted by Gasteiger charge is -2.17. The number of nitrogens with zero attached hydrogens (tertiary/aromatic N) is 1. The SMILES string of the molecule is CCN(CC)Pc1ccc(C)cc1.[B]. The highest BCUT2D eigenvalue weighted by molar-refractivity contribution is 7.44. The molecule has 75 valence electrons. The van der Waals surface area contributed by atoms with E-state index in [9.17, 15) is 0 Å². The lowest BCUT2D eigenvalue weighted by molar-refractivity contribution is 0.519. The van der Waals surface area contributed by atoms with Gasteiger partial charge >= 0.3 is 0 Å². The first-order valence-electron chi connectivity index (χ1n) is 4.84. The van der Waals surface area contributed by atoms with Gasteiger partial charge in [-0.05, 0) is 34.0 Å². The lowest BCUT2D eigenvalue weighted by Crippen LogP contribution is -2.16. The van der Waals surface area contributed by atoms with Gasteiger partial charge in [-0.1, -0.05) is 43.7 Å². The zero-order valence-electron chi connectivity index (χ0n) is 9.25. The maximum atomic E-state index is 2.45. The molecule has 1 rings (SSSR count). The van der Waals surface area contributed by atoms with E-state index in [1.54, 1.807) is 0 Å². The first-order valence-corrected chi connectivity index (χ1v) is 5.79. The fraction of sp³-hybridized carbons (Fsp3) is 0.455. The van der Waals surface area contributed by atoms with Crippen molar-refractivity contribution in [3.63, 3.8) is 0 Å². The van der Waals surface area contributed by atoms with Crippen molar-refractivity contribution in [3.05, 3.63) is 29.8 Å². The highest BCUT2D eigenvalue weighted by Crippen LogP contribution is 2.16. The van der Waals surface area contributed by atoms with Gasteiger partial charge in [-0.3, -0.25) is 4.67 Å². The van der Waals surface area contributed by atoms with E-state index in [0.717, 1.165) is 21.8 Å². The Kier molecular flexibility index (Phi) is 6.87. The highest BCUT2D eigenvalue weighted by atomic mass is 31.1. The summed E-state index contributed by atoms with van der Waals surface area (Å²) in [6.07, 6.45) is 0. The summed E-state index contributed by atoms with van der Waals surface area (Å²) >= 11 is 0. The van der Waals surface area contributed by atoms with Crippen LogP contribution < -0.4 is 5.30 Å². The van der Waals surface area contributed by atoms with Gasteiger partial charge in [0.15, 0.2) is 0 Å². The molecule has 3 radical (unpaired) electrons. The van der Waals surface area contributed by atoms with Crippen molar-refractivity contribution in [2.75, 3.05) is 13.1 Å². The Morgan fingerprint density at radius 1 is 1.07 bits per heavy atom. The van der Waals surface area contributed by atoms with Crippen molar-refractivity contribution in [1.29, 1.82) is 0 Å². The van der Waals surface area contributed by atoms with Crippen molar-refractivity contribution in [1.82, 2.24) is 4.67 Å². The van der Waals surface area contributed by atoms with Gasteiger partial charge in [0.05, 0.1) is 0 Å². The molecular weight excluding hydrogens is 188 g/mol. The van der Waals surface area contributed by atoms with Crippen LogP contribution in [-0.4, -0.2) is 26.2 Å². The molecule has 0 aliphatic rings. The number of rotatable bonds is 4. The maximum Gasteiger partial charge on any atom is 0 e. The Morgan fingerprint density at radius 3 is 2.00 bits per heavy atom. The minimum absolute atomic E-state index is 0. The molecule has 0 heterocycles. The standard InChI is InChI=1S/C11H18NP.B/c1-4-12(5-2)13-11-8-6-10(3)7-9-11;/h6-9,13H,4-5H2,1-3H3;. The van der Waals surface area contributed by atoms with Crippen LogP contribution in [-0.2, 0) is 0 Å². The largest absolute Gasteiger partial charge is 0.281 e. The van der Waals surface area contributed by atoms with E-state index in [1.165, 1.54) is 10.9 Å². The van der Waals surface area contributed by atoms with Crippen molar-refractivity contribution in [2.24, 2.45) is 0 Å². The Bertz CT molecular complexity index is 244. The molecule has 0 saturated carbocycles. The van der Waals surface area contributed by atoms with Gasteiger partial charge in [-0.2, -0.15) is 0 Å². The zero-order valence-corrected chi connectivity index (χ0v) is 10.2. The summed E-state index contributed by atoms with van der Waals surface area (Å²) in [5.74, 6) is 0. The first kappa shape index (κ1) is 13.7. The molecule has 0 fully saturated rings. The van der Waals surface area contributed by atoms with Crippen LogP contribution in [0.3, 0.4) is 0 Å². The number of hydrogen-bond donors (Lipinski definition) is 0. The third-order valence-electron chi connectivity index (χ3n) is 2.10. The van der Waals surface area contributed by atoms with Gasteiger partial charge < -0.3 is 0 Å². The Labute approximate surface area is 91.3 Å². The van der Waals surface area contributed by atoms with E-state index >= 15 is 0 Å². The molecule has 0 aliphatic carbocycles. The molecule has 0 saturated heterocycles. The molecule has 1 nitrogen and oxygen atoms in total. The normalized spacial score (nSPS) is 10.9. The van der Waals surface area contributed by atoms with Crippen LogP contribution in [0.5, 0.6) is 0 Å². The van der Waals surface area contributed by atoms with Crippen LogP contribution in [0.25, 0.3) is 0 Å². The molecule has 0 N–H and O–H groups in total. The molecule has 1 atom stereocenters. The van der Waals surface area contributed by atoms with Gasteiger partial charge in [0.2, 0.25) is 0 Å². The lowest BCUT2D eigenvalue weighted by atomic mass is 10.2. The second kappa shape index (κ2) is 7.03. The molecule has 14 heavy (non-hydrogen) atoms. The molecule has 3 heteroatoms. The monoisotopic (exact) mass is 206 g/mol. The topological polar surface area (TPSA) is 3.24 Å². The van der Waals surface area contributed by atoms with Gasteiger partial charge in [-0.15, -0.1) is 0 Å². The third-order valence-corrected chi connectivity index (χ3v) is 3.64. The summed E-state index contributed by atoms with van der Waals surface area (Å²) in [5.41, 5.74) is 1.34. The molecule has 0 spiro atoms. The predicted molar refractivity (Wildman–Crippen MR) is 67.8 cm³/mol. The molecule has 0 bridgehead atoms. The van der Waals surface area contributed by atoms with E-state index in [2.05, 4.69) is 49.7 Å². The van der Waals surface area contributed by atoms with Crippen LogP contribution in [0.15, 0.2) is 24.3 Å². The average molecular weight is 206 g/mol. The number of benzene rings is 1. The molecule has 0 aromatic heterocycles. The van der Waals surface area contributed by atoms with E-state index in [0.29, 0.717) is 0 Å². The Balaban J connectivity index is 0.00000169. The second-order valence-corrected chi connectivity index (χ2v) is 4.58. The quantitative estimate of drug-likeness (QED) is 0.539. The van der Waals surface area contributed by atoms with Crippen LogP contribution >= 0.6 is 8.73 Å². The minimum atomic E-state index is 0. The van der Waals surface area contributed by atoms with E-state index < -0.39 is 0 Å². The Hall–Kier alpha value is -0.325. The fourth-order valence-corrected chi connectivity index (χ4v) is 2.19. The molecule has 1 aromatic rings. The van der Waals surface area contributed by atoms with E-state index in [-0.39, 0.29) is 8.41 Å². The van der Waals surface area contributed by atoms with Crippen LogP contribution in [0.2, 0.25) is 0 Å². The average Bonchev–Trinajstić information content (AvgIpc) is 2.17. The van der Waals surface area contributed by atoms with Crippen LogP contribution in [0.4, 0.5) is 0 Å². The number of hydrogen-bond acceptors (Lipinski definition) is 1. The van der Waals surface area contributed by atoms with Gasteiger partial charge in [0, 0.05) is 8.41 Å². The first-order chi connectivity index (χ1) is 6.26. The summed E-state index contributed by atoms with van der Waals surface area (Å²) in [4.78, 5) is 0. The van der Waals surface area contributed by atoms with Crippen molar-refractivity contribution in [3.8, 4) is 0 Å². The smallest absolute Gasteiger partial charge is 0 e. The van der Waals surface area contributed by atoms with Crippen molar-refractivity contribution >= 4 is 22.4 Å². The summed E-state index contributed by atoms with van der Waals surface area (Å²) in [7, 11) is 0.825. The van der Waals surface area contributed by atoms with Gasteiger partial charge in [0.25, 0.3) is 0 Å². The van der Waals surface area contributed by atoms with E-state index in [4.69, 9.17) is 0 Å². The molecule has 0 amide bonds. The number of aryl methyl sites for hydroxylation is 1. The zero-order chi connectivity index (χ0) is 9.68. The van der Waals surface area contributed by atoms with Crippen LogP contribution in [0.1, 0.15) is 19.4 Å². The van der Waals surface area contributed by atoms with Crippen molar-refractivity contribution in [2.45, 2.75) is 20.8 Å². The van der Waals surface area contributed by atoms with Gasteiger partial charge in [0.1, 0.15) is 0 Å². The Morgan fingerprint density at radius 2 is 1.57 bits per heavy atom. The van der Waals surface area contributed by atoms with Crippen molar-refractivity contribution < 1.29 is 0 Å².